The monoisotopic (exact) mass is 526 g/mol. The molecule has 1 saturated heterocycles. The molecule has 38 heavy (non-hydrogen) atoms. The van der Waals surface area contributed by atoms with Crippen molar-refractivity contribution in [3.05, 3.63) is 88.5 Å². The van der Waals surface area contributed by atoms with Crippen molar-refractivity contribution in [3.63, 3.8) is 0 Å². The molecule has 6 rings (SSSR count). The van der Waals surface area contributed by atoms with Crippen molar-refractivity contribution in [1.29, 1.82) is 0 Å². The Bertz CT molecular complexity index is 1620. The van der Waals surface area contributed by atoms with E-state index in [4.69, 9.17) is 14.5 Å². The number of Topliss-reactive ketones (excluding diaryl/α,β-unsaturated/α-hetero) is 1. The summed E-state index contributed by atoms with van der Waals surface area (Å²) in [5.74, 6) is -0.246. The molecule has 1 amide bonds. The van der Waals surface area contributed by atoms with Gasteiger partial charge in [-0.2, -0.15) is 0 Å². The summed E-state index contributed by atoms with van der Waals surface area (Å²) < 4.78 is 12.3. The van der Waals surface area contributed by atoms with Crippen LogP contribution >= 0.6 is 11.3 Å². The van der Waals surface area contributed by atoms with Crippen LogP contribution in [0.2, 0.25) is 0 Å². The Hall–Kier alpha value is -4.17. The zero-order valence-electron chi connectivity index (χ0n) is 21.2. The van der Waals surface area contributed by atoms with E-state index in [2.05, 4.69) is 0 Å². The molecule has 4 aromatic rings. The molecule has 7 nitrogen and oxygen atoms in total. The maximum atomic E-state index is 13.5. The molecule has 2 unspecified atom stereocenters. The zero-order chi connectivity index (χ0) is 26.6. The van der Waals surface area contributed by atoms with Crippen LogP contribution in [0.15, 0.2) is 66.2 Å². The maximum absolute atomic E-state index is 13.5. The maximum Gasteiger partial charge on any atom is 0.301 e. The molecule has 192 valence electrons. The topological polar surface area (TPSA) is 89.0 Å². The standard InChI is InChI=1S/C30H26N2O5S/c1-4-36-21-9-6-18(7-10-21)26-25(27(33)19-8-12-23-20(15-19)14-17(3)37-23)28(34)29(35)32(26)30-31-22-11-5-16(2)13-24(22)38-30/h5-13,15,17,26,33H,4,14H2,1-3H3. The summed E-state index contributed by atoms with van der Waals surface area (Å²) in [5.41, 5.74) is 3.94. The quantitative estimate of drug-likeness (QED) is 0.196. The Balaban J connectivity index is 1.51. The van der Waals surface area contributed by atoms with Crippen molar-refractivity contribution >= 4 is 44.1 Å². The summed E-state index contributed by atoms with van der Waals surface area (Å²) in [6.07, 6.45) is 0.748. The number of ketones is 1. The number of nitrogens with zero attached hydrogens (tertiary/aromatic N) is 2. The van der Waals surface area contributed by atoms with E-state index in [1.807, 2.05) is 57.2 Å². The molecule has 8 heteroatoms. The van der Waals surface area contributed by atoms with Gasteiger partial charge in [-0.1, -0.05) is 29.5 Å². The normalized spacial score (nSPS) is 20.1. The number of hydrogen-bond donors (Lipinski definition) is 1. The number of aliphatic hydroxyl groups is 1. The Morgan fingerprint density at radius 2 is 1.92 bits per heavy atom. The first kappa shape index (κ1) is 24.2. The van der Waals surface area contributed by atoms with Gasteiger partial charge in [-0.15, -0.1) is 0 Å². The molecular formula is C30H26N2O5S. The highest BCUT2D eigenvalue weighted by Crippen LogP contribution is 2.45. The van der Waals surface area contributed by atoms with Crippen LogP contribution in [0.4, 0.5) is 5.13 Å². The molecule has 0 radical (unpaired) electrons. The average Bonchev–Trinajstić information content (AvgIpc) is 3.56. The lowest BCUT2D eigenvalue weighted by Crippen LogP contribution is -2.29. The number of ether oxygens (including phenoxy) is 2. The summed E-state index contributed by atoms with van der Waals surface area (Å²) in [6, 6.07) is 17.6. The summed E-state index contributed by atoms with van der Waals surface area (Å²) in [7, 11) is 0. The number of benzene rings is 3. The summed E-state index contributed by atoms with van der Waals surface area (Å²) in [4.78, 5) is 33.2. The second-order valence-corrected chi connectivity index (χ2v) is 10.6. The molecule has 1 aromatic heterocycles. The van der Waals surface area contributed by atoms with Crippen molar-refractivity contribution in [2.45, 2.75) is 39.3 Å². The first-order chi connectivity index (χ1) is 18.3. The average molecular weight is 527 g/mol. The van der Waals surface area contributed by atoms with Gasteiger partial charge in [-0.3, -0.25) is 14.5 Å². The molecule has 0 saturated carbocycles. The van der Waals surface area contributed by atoms with E-state index in [-0.39, 0.29) is 17.4 Å². The van der Waals surface area contributed by atoms with Gasteiger partial charge in [0.25, 0.3) is 5.78 Å². The van der Waals surface area contributed by atoms with Crippen molar-refractivity contribution < 1.29 is 24.2 Å². The number of rotatable bonds is 5. The number of aromatic nitrogens is 1. The van der Waals surface area contributed by atoms with Crippen molar-refractivity contribution in [3.8, 4) is 11.5 Å². The van der Waals surface area contributed by atoms with Crippen LogP contribution in [0.5, 0.6) is 11.5 Å². The number of aryl methyl sites for hydroxylation is 1. The van der Waals surface area contributed by atoms with E-state index in [0.717, 1.165) is 27.1 Å². The van der Waals surface area contributed by atoms with Gasteiger partial charge in [0, 0.05) is 12.0 Å². The van der Waals surface area contributed by atoms with Gasteiger partial charge in [0.1, 0.15) is 23.4 Å². The lowest BCUT2D eigenvalue weighted by atomic mass is 9.94. The van der Waals surface area contributed by atoms with Gasteiger partial charge in [0.15, 0.2) is 5.13 Å². The third-order valence-corrected chi connectivity index (χ3v) is 7.88. The third kappa shape index (κ3) is 4.01. The summed E-state index contributed by atoms with van der Waals surface area (Å²) >= 11 is 1.35. The number of anilines is 1. The van der Waals surface area contributed by atoms with Crippen molar-refractivity contribution in [2.24, 2.45) is 0 Å². The van der Waals surface area contributed by atoms with Crippen LogP contribution in [-0.2, 0) is 16.0 Å². The summed E-state index contributed by atoms with van der Waals surface area (Å²) in [5, 5.41) is 11.9. The molecule has 0 aliphatic carbocycles. The van der Waals surface area contributed by atoms with E-state index >= 15 is 0 Å². The molecule has 1 N–H and O–H groups in total. The Morgan fingerprint density at radius 3 is 2.68 bits per heavy atom. The van der Waals surface area contributed by atoms with Crippen LogP contribution in [0, 0.1) is 6.92 Å². The minimum absolute atomic E-state index is 0.0292. The number of aliphatic hydroxyl groups excluding tert-OH is 1. The molecule has 3 heterocycles. The van der Waals surface area contributed by atoms with Crippen LogP contribution < -0.4 is 14.4 Å². The Kier molecular flexibility index (Phi) is 5.91. The predicted octanol–water partition coefficient (Wildman–Crippen LogP) is 5.95. The number of amides is 1. The smallest absolute Gasteiger partial charge is 0.301 e. The molecule has 1 fully saturated rings. The fraction of sp³-hybridized carbons (Fsp3) is 0.233. The highest BCUT2D eigenvalue weighted by atomic mass is 32.1. The highest BCUT2D eigenvalue weighted by Gasteiger charge is 2.48. The second kappa shape index (κ2) is 9.29. The van der Waals surface area contributed by atoms with Crippen LogP contribution in [-0.4, -0.2) is 34.5 Å². The SMILES string of the molecule is CCOc1ccc(C2C(=C(O)c3ccc4c(c3)CC(C)O4)C(=O)C(=O)N2c2nc3ccc(C)cc3s2)cc1. The molecular weight excluding hydrogens is 500 g/mol. The van der Waals surface area contributed by atoms with Crippen molar-refractivity contribution in [1.82, 2.24) is 4.98 Å². The number of hydrogen-bond acceptors (Lipinski definition) is 7. The molecule has 2 aliphatic rings. The second-order valence-electron chi connectivity index (χ2n) is 9.59. The van der Waals surface area contributed by atoms with Gasteiger partial charge in [0.05, 0.1) is 28.4 Å². The van der Waals surface area contributed by atoms with Gasteiger partial charge in [0.2, 0.25) is 0 Å². The lowest BCUT2D eigenvalue weighted by molar-refractivity contribution is -0.132. The van der Waals surface area contributed by atoms with E-state index in [1.165, 1.54) is 16.2 Å². The zero-order valence-corrected chi connectivity index (χ0v) is 22.0. The largest absolute Gasteiger partial charge is 0.507 e. The fourth-order valence-corrected chi connectivity index (χ4v) is 6.20. The first-order valence-corrected chi connectivity index (χ1v) is 13.4. The van der Waals surface area contributed by atoms with E-state index in [9.17, 15) is 14.7 Å². The molecule has 0 spiro atoms. The predicted molar refractivity (Wildman–Crippen MR) is 147 cm³/mol. The fourth-order valence-electron chi connectivity index (χ4n) is 5.11. The van der Waals surface area contributed by atoms with Gasteiger partial charge >= 0.3 is 5.91 Å². The first-order valence-electron chi connectivity index (χ1n) is 12.5. The summed E-state index contributed by atoms with van der Waals surface area (Å²) in [6.45, 7) is 6.40. The number of carbonyl (C=O) groups is 2. The van der Waals surface area contributed by atoms with Gasteiger partial charge in [-0.05, 0) is 79.9 Å². The number of fused-ring (bicyclic) bond motifs is 2. The highest BCUT2D eigenvalue weighted by molar-refractivity contribution is 7.22. The van der Waals surface area contributed by atoms with Crippen LogP contribution in [0.1, 0.15) is 42.1 Å². The number of carbonyl (C=O) groups excluding carboxylic acids is 2. The number of thiazole rings is 1. The minimum atomic E-state index is -0.851. The molecule has 2 atom stereocenters. The molecule has 3 aromatic carbocycles. The Labute approximate surface area is 224 Å². The van der Waals surface area contributed by atoms with E-state index in [1.54, 1.807) is 24.3 Å². The van der Waals surface area contributed by atoms with Crippen LogP contribution in [0.3, 0.4) is 0 Å². The van der Waals surface area contributed by atoms with E-state index < -0.39 is 17.7 Å². The lowest BCUT2D eigenvalue weighted by Gasteiger charge is -2.23. The van der Waals surface area contributed by atoms with Crippen molar-refractivity contribution in [2.75, 3.05) is 11.5 Å². The Morgan fingerprint density at radius 1 is 1.13 bits per heavy atom. The van der Waals surface area contributed by atoms with E-state index in [0.29, 0.717) is 35.0 Å². The van der Waals surface area contributed by atoms with Gasteiger partial charge in [-0.25, -0.2) is 4.98 Å². The van der Waals surface area contributed by atoms with Crippen LogP contribution in [0.25, 0.3) is 16.0 Å². The van der Waals surface area contributed by atoms with Gasteiger partial charge < -0.3 is 14.6 Å². The molecule has 2 aliphatic heterocycles. The third-order valence-electron chi connectivity index (χ3n) is 6.86. The molecule has 0 bridgehead atoms. The minimum Gasteiger partial charge on any atom is -0.507 e.